The topological polar surface area (TPSA) is 95.5 Å². The SMILES string of the molecule is CNC(=O)c1c(C)cccc1NC(=O)[C@](C)(CC(=O)O)C1CCCCC1. The summed E-state index contributed by atoms with van der Waals surface area (Å²) < 4.78 is 0. The normalized spacial score (nSPS) is 17.2. The first-order valence-electron chi connectivity index (χ1n) is 9.14. The number of carboxylic acid groups (broad SMARTS) is 1. The summed E-state index contributed by atoms with van der Waals surface area (Å²) >= 11 is 0. The summed E-state index contributed by atoms with van der Waals surface area (Å²) in [4.78, 5) is 36.8. The third-order valence-electron chi connectivity index (χ3n) is 5.52. The van der Waals surface area contributed by atoms with Crippen molar-refractivity contribution in [3.8, 4) is 0 Å². The highest BCUT2D eigenvalue weighted by Gasteiger charge is 2.43. The molecule has 0 saturated heterocycles. The van der Waals surface area contributed by atoms with Crippen LogP contribution in [0.15, 0.2) is 18.2 Å². The Balaban J connectivity index is 2.34. The average Bonchev–Trinajstić information content (AvgIpc) is 2.61. The maximum atomic E-state index is 13.1. The van der Waals surface area contributed by atoms with E-state index in [9.17, 15) is 19.5 Å². The molecule has 0 unspecified atom stereocenters. The first-order valence-corrected chi connectivity index (χ1v) is 9.14. The molecule has 0 heterocycles. The minimum atomic E-state index is -1.00. The molecule has 1 aliphatic carbocycles. The van der Waals surface area contributed by atoms with Gasteiger partial charge in [0.2, 0.25) is 5.91 Å². The molecule has 3 N–H and O–H groups in total. The Hall–Kier alpha value is -2.37. The fourth-order valence-corrected chi connectivity index (χ4v) is 3.93. The highest BCUT2D eigenvalue weighted by atomic mass is 16.4. The maximum absolute atomic E-state index is 13.1. The van der Waals surface area contributed by atoms with Gasteiger partial charge >= 0.3 is 5.97 Å². The maximum Gasteiger partial charge on any atom is 0.304 e. The molecule has 2 amide bonds. The van der Waals surface area contributed by atoms with Gasteiger partial charge in [0.05, 0.1) is 23.1 Å². The highest BCUT2D eigenvalue weighted by molar-refractivity contribution is 6.06. The third kappa shape index (κ3) is 4.23. The van der Waals surface area contributed by atoms with Gasteiger partial charge in [-0.1, -0.05) is 31.4 Å². The van der Waals surface area contributed by atoms with Crippen LogP contribution in [0.25, 0.3) is 0 Å². The number of nitrogens with one attached hydrogen (secondary N) is 2. The molecular formula is C20H28N2O4. The molecule has 0 radical (unpaired) electrons. The molecule has 1 aliphatic rings. The van der Waals surface area contributed by atoms with Crippen molar-refractivity contribution in [1.29, 1.82) is 0 Å². The lowest BCUT2D eigenvalue weighted by Gasteiger charge is -2.37. The predicted molar refractivity (Wildman–Crippen MR) is 100 cm³/mol. The number of amides is 2. The van der Waals surface area contributed by atoms with E-state index in [1.165, 1.54) is 7.05 Å². The monoisotopic (exact) mass is 360 g/mol. The quantitative estimate of drug-likeness (QED) is 0.725. The molecule has 0 bridgehead atoms. The minimum Gasteiger partial charge on any atom is -0.481 e. The lowest BCUT2D eigenvalue weighted by atomic mass is 9.67. The van der Waals surface area contributed by atoms with Crippen molar-refractivity contribution in [2.45, 2.75) is 52.4 Å². The zero-order valence-electron chi connectivity index (χ0n) is 15.7. The number of anilines is 1. The first-order chi connectivity index (χ1) is 12.3. The predicted octanol–water partition coefficient (Wildman–Crippen LogP) is 3.35. The second kappa shape index (κ2) is 8.34. The zero-order chi connectivity index (χ0) is 19.3. The van der Waals surface area contributed by atoms with E-state index in [1.54, 1.807) is 32.0 Å². The van der Waals surface area contributed by atoms with Crippen LogP contribution >= 0.6 is 0 Å². The summed E-state index contributed by atoms with van der Waals surface area (Å²) in [6.07, 6.45) is 4.65. The fourth-order valence-electron chi connectivity index (χ4n) is 3.93. The number of carbonyl (C=O) groups is 3. The number of aryl methyl sites for hydroxylation is 1. The smallest absolute Gasteiger partial charge is 0.304 e. The molecule has 6 nitrogen and oxygen atoms in total. The Morgan fingerprint density at radius 1 is 1.19 bits per heavy atom. The van der Waals surface area contributed by atoms with Crippen molar-refractivity contribution in [2.75, 3.05) is 12.4 Å². The molecule has 0 aromatic heterocycles. The van der Waals surface area contributed by atoms with Crippen LogP contribution in [0.4, 0.5) is 5.69 Å². The van der Waals surface area contributed by atoms with Crippen LogP contribution in [0.1, 0.15) is 61.4 Å². The van der Waals surface area contributed by atoms with Crippen LogP contribution in [0, 0.1) is 18.3 Å². The summed E-state index contributed by atoms with van der Waals surface area (Å²) in [5, 5.41) is 14.8. The van der Waals surface area contributed by atoms with Crippen LogP contribution < -0.4 is 10.6 Å². The van der Waals surface area contributed by atoms with Gasteiger partial charge in [0.15, 0.2) is 0 Å². The molecule has 1 atom stereocenters. The second-order valence-corrected chi connectivity index (χ2v) is 7.35. The molecule has 6 heteroatoms. The van der Waals surface area contributed by atoms with Gasteiger partial charge in [-0.15, -0.1) is 0 Å². The lowest BCUT2D eigenvalue weighted by molar-refractivity contribution is -0.145. The Kier molecular flexibility index (Phi) is 6.40. The summed E-state index contributed by atoms with van der Waals surface area (Å²) in [5.74, 6) is -1.57. The van der Waals surface area contributed by atoms with E-state index in [2.05, 4.69) is 10.6 Å². The summed E-state index contributed by atoms with van der Waals surface area (Å²) in [5.41, 5.74) is 0.571. The van der Waals surface area contributed by atoms with Crippen molar-refractivity contribution >= 4 is 23.5 Å². The summed E-state index contributed by atoms with van der Waals surface area (Å²) in [6, 6.07) is 5.25. The van der Waals surface area contributed by atoms with Crippen LogP contribution in [-0.4, -0.2) is 29.9 Å². The first kappa shape index (κ1) is 19.9. The van der Waals surface area contributed by atoms with Gasteiger partial charge in [-0.05, 0) is 44.2 Å². The molecule has 0 spiro atoms. The van der Waals surface area contributed by atoms with Gasteiger partial charge in [0.1, 0.15) is 0 Å². The van der Waals surface area contributed by atoms with Gasteiger partial charge in [0.25, 0.3) is 5.91 Å². The van der Waals surface area contributed by atoms with Crippen molar-refractivity contribution < 1.29 is 19.5 Å². The zero-order valence-corrected chi connectivity index (χ0v) is 15.7. The largest absolute Gasteiger partial charge is 0.481 e. The van der Waals surface area contributed by atoms with Crippen molar-refractivity contribution in [3.63, 3.8) is 0 Å². The molecule has 26 heavy (non-hydrogen) atoms. The molecule has 0 aliphatic heterocycles. The number of benzene rings is 1. The van der Waals surface area contributed by atoms with Gasteiger partial charge in [-0.25, -0.2) is 0 Å². The van der Waals surface area contributed by atoms with E-state index in [4.69, 9.17) is 0 Å². The van der Waals surface area contributed by atoms with Crippen molar-refractivity contribution in [1.82, 2.24) is 5.32 Å². The second-order valence-electron chi connectivity index (χ2n) is 7.35. The minimum absolute atomic E-state index is 0.0283. The van der Waals surface area contributed by atoms with Crippen molar-refractivity contribution in [2.24, 2.45) is 11.3 Å². The van der Waals surface area contributed by atoms with Gasteiger partial charge in [-0.2, -0.15) is 0 Å². The number of rotatable bonds is 6. The average molecular weight is 360 g/mol. The van der Waals surface area contributed by atoms with Crippen LogP contribution in [0.5, 0.6) is 0 Å². The van der Waals surface area contributed by atoms with Crippen molar-refractivity contribution in [3.05, 3.63) is 29.3 Å². The third-order valence-corrected chi connectivity index (χ3v) is 5.52. The van der Waals surface area contributed by atoms with Gasteiger partial charge in [0, 0.05) is 7.05 Å². The lowest BCUT2D eigenvalue weighted by Crippen LogP contribution is -2.43. The van der Waals surface area contributed by atoms with Crippen LogP contribution in [0.2, 0.25) is 0 Å². The number of carbonyl (C=O) groups excluding carboxylic acids is 2. The number of hydrogen-bond acceptors (Lipinski definition) is 3. The summed E-state index contributed by atoms with van der Waals surface area (Å²) in [7, 11) is 1.54. The number of carboxylic acids is 1. The molecule has 2 rings (SSSR count). The van der Waals surface area contributed by atoms with E-state index in [0.29, 0.717) is 11.3 Å². The van der Waals surface area contributed by atoms with E-state index in [0.717, 1.165) is 37.7 Å². The number of hydrogen-bond donors (Lipinski definition) is 3. The van der Waals surface area contributed by atoms with E-state index in [1.807, 2.05) is 0 Å². The molecule has 1 aromatic carbocycles. The van der Waals surface area contributed by atoms with Gasteiger partial charge < -0.3 is 15.7 Å². The standard InChI is InChI=1S/C20H28N2O4/c1-13-8-7-11-15(17(13)18(25)21-3)22-19(26)20(2,12-16(23)24)14-9-5-4-6-10-14/h7-8,11,14H,4-6,9-10,12H2,1-3H3,(H,21,25)(H,22,26)(H,23,24)/t20-/m1/s1. The van der Waals surface area contributed by atoms with Gasteiger partial charge in [-0.3, -0.25) is 14.4 Å². The molecule has 1 fully saturated rings. The Labute approximate surface area is 154 Å². The van der Waals surface area contributed by atoms with E-state index >= 15 is 0 Å². The molecular weight excluding hydrogens is 332 g/mol. The number of aliphatic carboxylic acids is 1. The Bertz CT molecular complexity index is 695. The molecule has 1 aromatic rings. The summed E-state index contributed by atoms with van der Waals surface area (Å²) in [6.45, 7) is 3.54. The Morgan fingerprint density at radius 2 is 1.85 bits per heavy atom. The fraction of sp³-hybridized carbons (Fsp3) is 0.550. The molecule has 1 saturated carbocycles. The Morgan fingerprint density at radius 3 is 2.42 bits per heavy atom. The van der Waals surface area contributed by atoms with Crippen LogP contribution in [0.3, 0.4) is 0 Å². The molecule has 142 valence electrons. The highest BCUT2D eigenvalue weighted by Crippen LogP contribution is 2.42. The van der Waals surface area contributed by atoms with Crippen LogP contribution in [-0.2, 0) is 9.59 Å². The van der Waals surface area contributed by atoms with E-state index in [-0.39, 0.29) is 24.2 Å². The van der Waals surface area contributed by atoms with E-state index < -0.39 is 11.4 Å².